The molecule has 3 aromatic carbocycles. The van der Waals surface area contributed by atoms with Crippen LogP contribution in [0.1, 0.15) is 44.9 Å². The van der Waals surface area contributed by atoms with Crippen molar-refractivity contribution < 1.29 is 58.1 Å². The summed E-state index contributed by atoms with van der Waals surface area (Å²) in [5, 5.41) is 67.7. The molecule has 24 heteroatoms. The van der Waals surface area contributed by atoms with Crippen molar-refractivity contribution in [2.45, 2.75) is 25.6 Å². The van der Waals surface area contributed by atoms with Crippen LogP contribution in [0.25, 0.3) is 0 Å². The lowest BCUT2D eigenvalue weighted by atomic mass is 10.0. The average Bonchev–Trinajstić information content (AvgIpc) is 3.05. The molecular formula is C26H18N6O18. The van der Waals surface area contributed by atoms with Crippen molar-refractivity contribution in [1.29, 1.82) is 0 Å². The van der Waals surface area contributed by atoms with Crippen LogP contribution in [0.2, 0.25) is 0 Å². The molecule has 0 aliphatic heterocycles. The van der Waals surface area contributed by atoms with Gasteiger partial charge < -0.3 is 14.2 Å². The van der Waals surface area contributed by atoms with Gasteiger partial charge in [0.25, 0.3) is 34.1 Å². The van der Waals surface area contributed by atoms with Crippen molar-refractivity contribution in [3.05, 3.63) is 132 Å². The molecule has 0 unspecified atom stereocenters. The van der Waals surface area contributed by atoms with Gasteiger partial charge in [-0.1, -0.05) is 0 Å². The number of benzene rings is 3. The lowest BCUT2D eigenvalue weighted by Gasteiger charge is -2.33. The number of hydrogen-bond donors (Lipinski definition) is 0. The highest BCUT2D eigenvalue weighted by Crippen LogP contribution is 2.29. The van der Waals surface area contributed by atoms with Crippen LogP contribution >= 0.6 is 0 Å². The summed E-state index contributed by atoms with van der Waals surface area (Å²) in [6.07, 6.45) is -1.98. The van der Waals surface area contributed by atoms with Crippen LogP contribution in [-0.4, -0.2) is 65.8 Å². The Kier molecular flexibility index (Phi) is 10.7. The normalized spacial score (nSPS) is 11.4. The Hall–Kier alpha value is -7.53. The fraction of sp³-hybridized carbons (Fsp3) is 0.192. The maximum Gasteiger partial charge on any atom is 0.339 e. The Labute approximate surface area is 274 Å². The predicted octanol–water partition coefficient (Wildman–Crippen LogP) is 4.15. The minimum Gasteiger partial charge on any atom is -0.458 e. The molecule has 0 spiro atoms. The van der Waals surface area contributed by atoms with Gasteiger partial charge in [-0.15, -0.1) is 0 Å². The van der Waals surface area contributed by atoms with Crippen LogP contribution in [0.15, 0.2) is 54.6 Å². The molecule has 0 amide bonds. The zero-order valence-corrected chi connectivity index (χ0v) is 25.0. The molecule has 0 aliphatic rings. The first-order valence-electron chi connectivity index (χ1n) is 13.1. The highest BCUT2D eigenvalue weighted by molar-refractivity contribution is 5.93. The van der Waals surface area contributed by atoms with Crippen LogP contribution in [0.4, 0.5) is 34.1 Å². The molecule has 0 aromatic heterocycles. The molecule has 0 radical (unpaired) electrons. The Morgan fingerprint density at radius 1 is 0.520 bits per heavy atom. The number of nitro benzene ring substituents is 6. The van der Waals surface area contributed by atoms with Gasteiger partial charge in [0.2, 0.25) is 0 Å². The molecule has 260 valence electrons. The van der Waals surface area contributed by atoms with Crippen LogP contribution in [0, 0.1) is 60.7 Å². The number of esters is 3. The van der Waals surface area contributed by atoms with E-state index >= 15 is 0 Å². The summed E-state index contributed by atoms with van der Waals surface area (Å²) in [6.45, 7) is 0.917. The van der Waals surface area contributed by atoms with Crippen LogP contribution in [-0.2, 0) is 14.2 Å². The van der Waals surface area contributed by atoms with Gasteiger partial charge in [0, 0.05) is 36.4 Å². The minimum atomic E-state index is -2.19. The summed E-state index contributed by atoms with van der Waals surface area (Å²) in [4.78, 5) is 100. The Bertz CT molecular complexity index is 1900. The van der Waals surface area contributed by atoms with Gasteiger partial charge in [-0.25, -0.2) is 14.4 Å². The van der Waals surface area contributed by atoms with Crippen LogP contribution < -0.4 is 0 Å². The summed E-state index contributed by atoms with van der Waals surface area (Å²) < 4.78 is 15.6. The molecular weight excluding hydrogens is 684 g/mol. The lowest BCUT2D eigenvalue weighted by molar-refractivity contribution is -0.394. The predicted molar refractivity (Wildman–Crippen MR) is 158 cm³/mol. The van der Waals surface area contributed by atoms with Crippen molar-refractivity contribution in [2.24, 2.45) is 0 Å². The zero-order chi connectivity index (χ0) is 37.7. The van der Waals surface area contributed by atoms with E-state index in [0.717, 1.165) is 13.8 Å². The summed E-state index contributed by atoms with van der Waals surface area (Å²) in [5.41, 5.74) is -9.83. The van der Waals surface area contributed by atoms with E-state index in [2.05, 4.69) is 0 Å². The second kappa shape index (κ2) is 14.5. The molecule has 0 saturated heterocycles. The third kappa shape index (κ3) is 8.84. The van der Waals surface area contributed by atoms with E-state index in [4.69, 9.17) is 14.2 Å². The monoisotopic (exact) mass is 702 g/mol. The third-order valence-electron chi connectivity index (χ3n) is 6.43. The number of carbonyl (C=O) groups is 3. The van der Waals surface area contributed by atoms with Crippen LogP contribution in [0.3, 0.4) is 0 Å². The van der Waals surface area contributed by atoms with Crippen LogP contribution in [0.5, 0.6) is 0 Å². The Morgan fingerprint density at radius 2 is 0.800 bits per heavy atom. The zero-order valence-electron chi connectivity index (χ0n) is 25.0. The third-order valence-corrected chi connectivity index (χ3v) is 6.43. The molecule has 1 atom stereocenters. The average molecular weight is 702 g/mol. The number of non-ortho nitro benzene ring substituents is 6. The van der Waals surface area contributed by atoms with E-state index in [1.165, 1.54) is 0 Å². The second-order valence-electron chi connectivity index (χ2n) is 10.2. The van der Waals surface area contributed by atoms with Gasteiger partial charge in [-0.05, 0) is 13.8 Å². The largest absolute Gasteiger partial charge is 0.458 e. The van der Waals surface area contributed by atoms with Gasteiger partial charge in [0.05, 0.1) is 64.4 Å². The molecule has 24 nitrogen and oxygen atoms in total. The van der Waals surface area contributed by atoms with E-state index in [9.17, 15) is 75.1 Å². The number of nitro groups is 6. The summed E-state index contributed by atoms with van der Waals surface area (Å²) >= 11 is 0. The molecule has 3 rings (SSSR count). The van der Waals surface area contributed by atoms with E-state index in [1.807, 2.05) is 0 Å². The first-order valence-corrected chi connectivity index (χ1v) is 13.1. The molecule has 0 aliphatic carbocycles. The number of rotatable bonds is 14. The fourth-order valence-corrected chi connectivity index (χ4v) is 3.94. The van der Waals surface area contributed by atoms with E-state index in [0.29, 0.717) is 54.6 Å². The number of nitrogens with zero attached hydrogens (tertiary/aromatic N) is 6. The summed E-state index contributed by atoms with van der Waals surface area (Å²) in [6, 6.07) is 5.23. The van der Waals surface area contributed by atoms with Crippen molar-refractivity contribution in [2.75, 3.05) is 6.61 Å². The smallest absolute Gasteiger partial charge is 0.339 e. The molecule has 0 bridgehead atoms. The molecule has 0 N–H and O–H groups in total. The standard InChI is InChI=1S/C26H18N6O18/c1-26(2,50-25(35)15-7-20(31(44)45)11-21(8-15)32(46)47)22(49-24(34)14-5-18(29(40)41)10-19(6-14)30(42)43)12-48-23(33)13-3-16(27(36)37)9-17(4-13)28(38)39/h3-11,22H,12H2,1-2H3/t22-/m0/s1. The van der Waals surface area contributed by atoms with Gasteiger partial charge in [-0.2, -0.15) is 0 Å². The van der Waals surface area contributed by atoms with Crippen molar-refractivity contribution in [3.63, 3.8) is 0 Å². The molecule has 50 heavy (non-hydrogen) atoms. The highest BCUT2D eigenvalue weighted by atomic mass is 16.7. The quantitative estimate of drug-likeness (QED) is 0.0984. The second-order valence-corrected chi connectivity index (χ2v) is 10.2. The highest BCUT2D eigenvalue weighted by Gasteiger charge is 2.40. The number of hydrogen-bond acceptors (Lipinski definition) is 18. The molecule has 0 fully saturated rings. The fourth-order valence-electron chi connectivity index (χ4n) is 3.94. The maximum atomic E-state index is 13.2. The summed E-state index contributed by atoms with van der Waals surface area (Å²) in [7, 11) is 0. The first-order chi connectivity index (χ1) is 23.2. The molecule has 3 aromatic rings. The van der Waals surface area contributed by atoms with Gasteiger partial charge in [-0.3, -0.25) is 60.7 Å². The molecule has 0 saturated carbocycles. The number of carbonyl (C=O) groups excluding carboxylic acids is 3. The van der Waals surface area contributed by atoms with Gasteiger partial charge in [0.1, 0.15) is 12.2 Å². The van der Waals surface area contributed by atoms with E-state index < -0.39 is 117 Å². The van der Waals surface area contributed by atoms with Gasteiger partial charge >= 0.3 is 17.9 Å². The van der Waals surface area contributed by atoms with Crippen molar-refractivity contribution in [3.8, 4) is 0 Å². The summed E-state index contributed by atoms with van der Waals surface area (Å²) in [5.74, 6) is -4.49. The van der Waals surface area contributed by atoms with Crippen molar-refractivity contribution in [1.82, 2.24) is 0 Å². The van der Waals surface area contributed by atoms with E-state index in [1.54, 1.807) is 0 Å². The minimum absolute atomic E-state index is 0.526. The first kappa shape index (κ1) is 36.9. The van der Waals surface area contributed by atoms with Gasteiger partial charge in [0.15, 0.2) is 6.10 Å². The van der Waals surface area contributed by atoms with Crippen molar-refractivity contribution >= 4 is 52.0 Å². The SMILES string of the molecule is CC(C)(OC(=O)c1cc([N+](=O)[O-])cc([N+](=O)[O-])c1)[C@H](COC(=O)c1cc([N+](=O)[O-])cc([N+](=O)[O-])c1)OC(=O)c1cc([N+](=O)[O-])cc([N+](=O)[O-])c1. The topological polar surface area (TPSA) is 338 Å². The lowest BCUT2D eigenvalue weighted by Crippen LogP contribution is -2.47. The Balaban J connectivity index is 2.04. The van der Waals surface area contributed by atoms with E-state index in [-0.39, 0.29) is 0 Å². The Morgan fingerprint density at radius 3 is 1.10 bits per heavy atom. The maximum absolute atomic E-state index is 13.2. The number of ether oxygens (including phenoxy) is 3. The molecule has 0 heterocycles.